The number of hydrogen-bond donors (Lipinski definition) is 1. The minimum Gasteiger partial charge on any atom is -0.478 e. The molecule has 0 amide bonds. The minimum atomic E-state index is -4.72. The molecule has 14 heteroatoms. The molecule has 0 radical (unpaired) electrons. The van der Waals surface area contributed by atoms with E-state index in [4.69, 9.17) is 9.72 Å². The largest absolute Gasteiger partial charge is 0.478 e. The molecule has 2 aromatic heterocycles. The third-order valence-electron chi connectivity index (χ3n) is 9.96. The van der Waals surface area contributed by atoms with Crippen LogP contribution in [0.25, 0.3) is 16.6 Å². The summed E-state index contributed by atoms with van der Waals surface area (Å²) in [6, 6.07) is 14.8. The average Bonchev–Trinajstić information content (AvgIpc) is 3.74. The minimum absolute atomic E-state index is 0.0204. The summed E-state index contributed by atoms with van der Waals surface area (Å²) in [4.78, 5) is 23.4. The molecule has 0 bridgehead atoms. The van der Waals surface area contributed by atoms with Gasteiger partial charge in [-0.05, 0) is 74.1 Å². The molecule has 1 spiro atoms. The molecule has 0 unspecified atom stereocenters. The lowest BCUT2D eigenvalue weighted by Crippen LogP contribution is -2.57. The first-order valence-electron chi connectivity index (χ1n) is 16.2. The summed E-state index contributed by atoms with van der Waals surface area (Å²) in [6.07, 6.45) is 2.20. The van der Waals surface area contributed by atoms with Gasteiger partial charge < -0.3 is 24.0 Å². The maximum atomic E-state index is 13.1. The van der Waals surface area contributed by atoms with Crippen LogP contribution in [0.1, 0.15) is 65.7 Å². The second kappa shape index (κ2) is 12.6. The Hall–Kier alpha value is -5.19. The predicted octanol–water partition coefficient (Wildman–Crippen LogP) is 8.10. The number of alkyl halides is 5. The highest BCUT2D eigenvalue weighted by atomic mass is 19.4. The van der Waals surface area contributed by atoms with Crippen molar-refractivity contribution in [2.75, 3.05) is 18.0 Å². The topological polar surface area (TPSA) is 114 Å². The van der Waals surface area contributed by atoms with Crippen LogP contribution in [-0.2, 0) is 19.3 Å². The Morgan fingerprint density at radius 3 is 2.52 bits per heavy atom. The molecular weight excluding hydrogens is 661 g/mol. The highest BCUT2D eigenvalue weighted by molar-refractivity contribution is 5.93. The van der Waals surface area contributed by atoms with Crippen molar-refractivity contribution in [1.29, 1.82) is 5.26 Å². The first kappa shape index (κ1) is 33.3. The first-order chi connectivity index (χ1) is 23.9. The maximum Gasteiger partial charge on any atom is 0.416 e. The molecule has 1 saturated heterocycles. The highest BCUT2D eigenvalue weighted by Gasteiger charge is 2.47. The van der Waals surface area contributed by atoms with Crippen LogP contribution in [0.4, 0.5) is 27.9 Å². The van der Waals surface area contributed by atoms with Gasteiger partial charge in [-0.1, -0.05) is 18.2 Å². The normalized spacial score (nSPS) is 17.7. The van der Waals surface area contributed by atoms with Crippen molar-refractivity contribution < 1.29 is 41.3 Å². The Balaban J connectivity index is 1.04. The van der Waals surface area contributed by atoms with E-state index in [0.717, 1.165) is 74.4 Å². The molecule has 1 aliphatic heterocycles. The number of aromatic carboxylic acids is 1. The Labute approximate surface area is 283 Å². The molecule has 3 aliphatic rings. The van der Waals surface area contributed by atoms with Crippen molar-refractivity contribution in [2.45, 2.75) is 64.5 Å². The number of carboxylic acids is 1. The van der Waals surface area contributed by atoms with Crippen LogP contribution in [0.2, 0.25) is 0 Å². The Bertz CT molecular complexity index is 2030. The van der Waals surface area contributed by atoms with E-state index in [1.54, 1.807) is 30.3 Å². The van der Waals surface area contributed by atoms with Gasteiger partial charge in [-0.3, -0.25) is 0 Å². The number of hydrogen-bond acceptors (Lipinski definition) is 7. The lowest BCUT2D eigenvalue weighted by Gasteiger charge is -2.52. The molecule has 2 aromatic carbocycles. The van der Waals surface area contributed by atoms with Crippen LogP contribution in [0.15, 0.2) is 60.7 Å². The second-order valence-electron chi connectivity index (χ2n) is 13.5. The van der Waals surface area contributed by atoms with E-state index in [-0.39, 0.29) is 34.4 Å². The fraction of sp³-hybridized carbons (Fsp3) is 0.389. The number of halogens is 5. The first-order valence-corrected chi connectivity index (χ1v) is 16.2. The summed E-state index contributed by atoms with van der Waals surface area (Å²) in [5.74, 6) is -0.646. The van der Waals surface area contributed by atoms with Gasteiger partial charge >= 0.3 is 18.8 Å². The lowest BCUT2D eigenvalue weighted by molar-refractivity contribution is -0.138. The van der Waals surface area contributed by atoms with Crippen molar-refractivity contribution >= 4 is 28.5 Å². The third kappa shape index (κ3) is 6.68. The summed E-state index contributed by atoms with van der Waals surface area (Å²) in [6.45, 7) is -1.49. The molecule has 4 aromatic rings. The zero-order valence-corrected chi connectivity index (χ0v) is 26.7. The molecule has 0 atom stereocenters. The number of aromatic nitrogens is 3. The van der Waals surface area contributed by atoms with Crippen LogP contribution >= 0.6 is 0 Å². The zero-order chi connectivity index (χ0) is 35.3. The van der Waals surface area contributed by atoms with Gasteiger partial charge in [-0.25, -0.2) is 14.8 Å². The summed E-state index contributed by atoms with van der Waals surface area (Å²) >= 11 is 0. The summed E-state index contributed by atoms with van der Waals surface area (Å²) in [5, 5.41) is 19.0. The van der Waals surface area contributed by atoms with Gasteiger partial charge in [0, 0.05) is 48.5 Å². The van der Waals surface area contributed by atoms with Crippen LogP contribution < -0.4 is 14.4 Å². The van der Waals surface area contributed by atoms with Gasteiger partial charge in [0.15, 0.2) is 0 Å². The Kier molecular flexibility index (Phi) is 8.40. The van der Waals surface area contributed by atoms with Crippen molar-refractivity contribution in [3.8, 4) is 17.7 Å². The second-order valence-corrected chi connectivity index (χ2v) is 13.5. The number of carbonyl (C=O) groups is 1. The Morgan fingerprint density at radius 2 is 1.86 bits per heavy atom. The Morgan fingerprint density at radius 1 is 1.06 bits per heavy atom. The van der Waals surface area contributed by atoms with Crippen molar-refractivity contribution in [3.05, 3.63) is 83.1 Å². The summed E-state index contributed by atoms with van der Waals surface area (Å²) in [5.41, 5.74) is 2.19. The fourth-order valence-corrected chi connectivity index (χ4v) is 6.96. The average molecular weight is 694 g/mol. The number of allylic oxidation sites excluding steroid dienone is 2. The van der Waals surface area contributed by atoms with Crippen LogP contribution in [-0.4, -0.2) is 45.3 Å². The van der Waals surface area contributed by atoms with E-state index in [9.17, 15) is 37.1 Å². The van der Waals surface area contributed by atoms with Crippen LogP contribution in [0, 0.1) is 22.2 Å². The van der Waals surface area contributed by atoms with E-state index in [0.29, 0.717) is 30.2 Å². The van der Waals surface area contributed by atoms with E-state index in [2.05, 4.69) is 31.3 Å². The smallest absolute Gasteiger partial charge is 0.416 e. The molecule has 9 nitrogen and oxygen atoms in total. The standard InChI is InChI=1S/C36H32F5N5O4/c37-32(38)50-29-17-25(36(39,40)41)6-4-24(29)18-49-30-3-1-2-26(43-30)22-8-10-35(11-9-22)19-45(20-35)33-44-27-7-5-23(31(47)48)16-28(27)46(33)21-34(12-13-34)14-15-42/h1-8,16-17,32H,9-14,18-21H2,(H,47,48). The number of fused-ring (bicyclic) bond motifs is 1. The number of carboxylic acid groups (broad SMARTS) is 1. The zero-order valence-electron chi connectivity index (χ0n) is 26.7. The summed E-state index contributed by atoms with van der Waals surface area (Å²) < 4.78 is 77.4. The number of nitrogens with zero attached hydrogens (tertiary/aromatic N) is 5. The van der Waals surface area contributed by atoms with Gasteiger partial charge in [0.2, 0.25) is 11.8 Å². The predicted molar refractivity (Wildman–Crippen MR) is 172 cm³/mol. The van der Waals surface area contributed by atoms with Gasteiger partial charge in [0.05, 0.1) is 33.9 Å². The van der Waals surface area contributed by atoms with E-state index < -0.39 is 30.1 Å². The molecule has 1 saturated carbocycles. The number of imidazole rings is 1. The molecule has 260 valence electrons. The number of ether oxygens (including phenoxy) is 2. The molecular formula is C36H32F5N5O4. The van der Waals surface area contributed by atoms with Crippen LogP contribution in [0.5, 0.6) is 11.6 Å². The number of benzene rings is 2. The van der Waals surface area contributed by atoms with Crippen molar-refractivity contribution in [3.63, 3.8) is 0 Å². The number of rotatable bonds is 11. The fourth-order valence-electron chi connectivity index (χ4n) is 6.96. The quantitative estimate of drug-likeness (QED) is 0.157. The molecule has 2 aliphatic carbocycles. The van der Waals surface area contributed by atoms with Crippen LogP contribution in [0.3, 0.4) is 0 Å². The van der Waals surface area contributed by atoms with Gasteiger partial charge in [0.25, 0.3) is 0 Å². The van der Waals surface area contributed by atoms with E-state index in [1.807, 2.05) is 6.07 Å². The molecule has 50 heavy (non-hydrogen) atoms. The van der Waals surface area contributed by atoms with E-state index in [1.165, 1.54) is 0 Å². The SMILES string of the molecule is N#CCC1(Cn2c(N3CC4(CC=C(c5cccc(OCc6ccc(C(F)(F)F)cc6OC(F)F)n5)CC4)C3)nc3ccc(C(=O)O)cc32)CC1. The van der Waals surface area contributed by atoms with Crippen molar-refractivity contribution in [2.24, 2.45) is 10.8 Å². The molecule has 2 fully saturated rings. The lowest BCUT2D eigenvalue weighted by atomic mass is 9.69. The monoisotopic (exact) mass is 693 g/mol. The number of pyridine rings is 1. The van der Waals surface area contributed by atoms with Gasteiger partial charge in [-0.15, -0.1) is 0 Å². The number of anilines is 1. The van der Waals surface area contributed by atoms with Gasteiger partial charge in [-0.2, -0.15) is 27.2 Å². The van der Waals surface area contributed by atoms with Gasteiger partial charge in [0.1, 0.15) is 12.4 Å². The van der Waals surface area contributed by atoms with Crippen molar-refractivity contribution in [1.82, 2.24) is 14.5 Å². The molecule has 7 rings (SSSR count). The summed E-state index contributed by atoms with van der Waals surface area (Å²) in [7, 11) is 0. The number of nitriles is 1. The maximum absolute atomic E-state index is 13.1. The highest BCUT2D eigenvalue weighted by Crippen LogP contribution is 2.52. The molecule has 3 heterocycles. The third-order valence-corrected chi connectivity index (χ3v) is 9.96. The van der Waals surface area contributed by atoms with E-state index >= 15 is 0 Å². The molecule has 1 N–H and O–H groups in total.